The van der Waals surface area contributed by atoms with Crippen LogP contribution in [0.25, 0.3) is 0 Å². The summed E-state index contributed by atoms with van der Waals surface area (Å²) in [5.74, 6) is 0.249. The average molecular weight is 420 g/mol. The van der Waals surface area contributed by atoms with Gasteiger partial charge in [-0.1, -0.05) is 6.07 Å². The molecule has 7 nitrogen and oxygen atoms in total. The number of benzene rings is 1. The summed E-state index contributed by atoms with van der Waals surface area (Å²) < 4.78 is 58.5. The Labute approximate surface area is 163 Å². The number of rotatable bonds is 9. The van der Waals surface area contributed by atoms with Crippen LogP contribution in [0.1, 0.15) is 18.4 Å². The standard InChI is InChI=1S/C18H26F2N2O5S/c1-13-4-5-14(10-16(13)27-11-17(19)20)21-18(23)22(7-3-8-26-2)15-6-9-28(24,25)12-15/h4-5,10,15,17H,3,6-9,11-12H2,1-2H3,(H,21,23)/t15-/m1/s1. The number of ether oxygens (including phenoxy) is 2. The van der Waals surface area contributed by atoms with Gasteiger partial charge in [0.05, 0.1) is 11.5 Å². The number of nitrogens with zero attached hydrogens (tertiary/aromatic N) is 1. The highest BCUT2D eigenvalue weighted by Crippen LogP contribution is 2.25. The van der Waals surface area contributed by atoms with Gasteiger partial charge in [0, 0.05) is 38.1 Å². The fourth-order valence-corrected chi connectivity index (χ4v) is 4.76. The number of halogens is 2. The van der Waals surface area contributed by atoms with Crippen LogP contribution in [0.4, 0.5) is 19.3 Å². The molecule has 2 amide bonds. The molecule has 0 spiro atoms. The van der Waals surface area contributed by atoms with Gasteiger partial charge in [0.1, 0.15) is 12.4 Å². The Bertz CT molecular complexity index is 773. The van der Waals surface area contributed by atoms with E-state index in [0.717, 1.165) is 0 Å². The van der Waals surface area contributed by atoms with Gasteiger partial charge < -0.3 is 19.7 Å². The van der Waals surface area contributed by atoms with Gasteiger partial charge in [-0.3, -0.25) is 0 Å². The van der Waals surface area contributed by atoms with E-state index in [9.17, 15) is 22.0 Å². The lowest BCUT2D eigenvalue weighted by Gasteiger charge is -2.28. The number of anilines is 1. The third kappa shape index (κ3) is 6.59. The number of nitrogens with one attached hydrogen (secondary N) is 1. The molecule has 1 aliphatic heterocycles. The molecule has 0 unspecified atom stereocenters. The van der Waals surface area contributed by atoms with Crippen LogP contribution in [0.3, 0.4) is 0 Å². The zero-order chi connectivity index (χ0) is 20.7. The minimum Gasteiger partial charge on any atom is -0.487 e. The molecular formula is C18H26F2N2O5S. The first-order chi connectivity index (χ1) is 13.2. The van der Waals surface area contributed by atoms with Crippen LogP contribution in [-0.4, -0.2) is 70.2 Å². The van der Waals surface area contributed by atoms with E-state index in [1.54, 1.807) is 26.2 Å². The quantitative estimate of drug-likeness (QED) is 0.621. The zero-order valence-electron chi connectivity index (χ0n) is 16.0. The van der Waals surface area contributed by atoms with E-state index >= 15 is 0 Å². The molecule has 0 aliphatic carbocycles. The number of methoxy groups -OCH3 is 1. The molecule has 0 bridgehead atoms. The van der Waals surface area contributed by atoms with E-state index in [4.69, 9.17) is 9.47 Å². The SMILES string of the molecule is COCCCN(C(=O)Nc1ccc(C)c(OCC(F)F)c1)[C@@H]1CCS(=O)(=O)C1. The summed E-state index contributed by atoms with van der Waals surface area (Å²) in [6.45, 7) is 1.77. The van der Waals surface area contributed by atoms with Gasteiger partial charge in [0.25, 0.3) is 6.43 Å². The average Bonchev–Trinajstić information content (AvgIpc) is 2.98. The molecule has 1 N–H and O–H groups in total. The lowest BCUT2D eigenvalue weighted by molar-refractivity contribution is 0.0816. The summed E-state index contributed by atoms with van der Waals surface area (Å²) in [7, 11) is -1.60. The summed E-state index contributed by atoms with van der Waals surface area (Å²) in [6, 6.07) is 3.94. The molecule has 1 atom stereocenters. The van der Waals surface area contributed by atoms with Gasteiger partial charge in [-0.2, -0.15) is 0 Å². The number of carbonyl (C=O) groups is 1. The molecule has 1 heterocycles. The number of urea groups is 1. The lowest BCUT2D eigenvalue weighted by atomic mass is 10.2. The minimum absolute atomic E-state index is 0.0574. The Hall–Kier alpha value is -1.94. The summed E-state index contributed by atoms with van der Waals surface area (Å²) >= 11 is 0. The van der Waals surface area contributed by atoms with Crippen molar-refractivity contribution in [1.82, 2.24) is 4.90 Å². The maximum atomic E-state index is 12.8. The second-order valence-corrected chi connectivity index (χ2v) is 8.94. The van der Waals surface area contributed by atoms with Crippen LogP contribution < -0.4 is 10.1 Å². The van der Waals surface area contributed by atoms with Gasteiger partial charge in [-0.05, 0) is 31.4 Å². The molecule has 1 fully saturated rings. The largest absolute Gasteiger partial charge is 0.487 e. The topological polar surface area (TPSA) is 84.9 Å². The summed E-state index contributed by atoms with van der Waals surface area (Å²) in [6.07, 6.45) is -1.64. The van der Waals surface area contributed by atoms with Crippen molar-refractivity contribution >= 4 is 21.6 Å². The van der Waals surface area contributed by atoms with Crippen molar-refractivity contribution in [3.05, 3.63) is 23.8 Å². The first-order valence-electron chi connectivity index (χ1n) is 9.00. The Morgan fingerprint density at radius 1 is 1.39 bits per heavy atom. The first-order valence-corrected chi connectivity index (χ1v) is 10.8. The number of amides is 2. The zero-order valence-corrected chi connectivity index (χ0v) is 16.8. The predicted octanol–water partition coefficient (Wildman–Crippen LogP) is 2.70. The van der Waals surface area contributed by atoms with Crippen LogP contribution in [0.5, 0.6) is 5.75 Å². The molecule has 10 heteroatoms. The van der Waals surface area contributed by atoms with Crippen molar-refractivity contribution < 1.29 is 31.5 Å². The van der Waals surface area contributed by atoms with Crippen LogP contribution in [-0.2, 0) is 14.6 Å². The number of hydrogen-bond acceptors (Lipinski definition) is 5. The van der Waals surface area contributed by atoms with Gasteiger partial charge in [-0.25, -0.2) is 22.0 Å². The highest BCUT2D eigenvalue weighted by Gasteiger charge is 2.34. The van der Waals surface area contributed by atoms with Crippen molar-refractivity contribution in [2.45, 2.75) is 32.2 Å². The Kier molecular flexibility index (Phi) is 7.99. The van der Waals surface area contributed by atoms with E-state index in [1.807, 2.05) is 0 Å². The van der Waals surface area contributed by atoms with E-state index < -0.39 is 34.9 Å². The predicted molar refractivity (Wildman–Crippen MR) is 102 cm³/mol. The summed E-state index contributed by atoms with van der Waals surface area (Å²) in [5, 5.41) is 2.71. The number of sulfone groups is 1. The smallest absolute Gasteiger partial charge is 0.322 e. The molecule has 1 aromatic carbocycles. The Morgan fingerprint density at radius 3 is 2.75 bits per heavy atom. The van der Waals surface area contributed by atoms with Gasteiger partial charge in [0.15, 0.2) is 9.84 Å². The van der Waals surface area contributed by atoms with E-state index in [2.05, 4.69) is 5.32 Å². The molecule has 0 saturated carbocycles. The third-order valence-electron chi connectivity index (χ3n) is 4.46. The second-order valence-electron chi connectivity index (χ2n) is 6.71. The number of carbonyl (C=O) groups excluding carboxylic acids is 1. The van der Waals surface area contributed by atoms with Crippen LogP contribution in [0.2, 0.25) is 0 Å². The highest BCUT2D eigenvalue weighted by molar-refractivity contribution is 7.91. The van der Waals surface area contributed by atoms with E-state index in [0.29, 0.717) is 37.2 Å². The van der Waals surface area contributed by atoms with Crippen molar-refractivity contribution in [3.63, 3.8) is 0 Å². The van der Waals surface area contributed by atoms with Crippen molar-refractivity contribution in [2.75, 3.05) is 43.7 Å². The van der Waals surface area contributed by atoms with Gasteiger partial charge in [0.2, 0.25) is 0 Å². The maximum Gasteiger partial charge on any atom is 0.322 e. The fraction of sp³-hybridized carbons (Fsp3) is 0.611. The molecule has 1 aliphatic rings. The van der Waals surface area contributed by atoms with Gasteiger partial charge >= 0.3 is 6.03 Å². The second kappa shape index (κ2) is 10.0. The van der Waals surface area contributed by atoms with Crippen molar-refractivity contribution in [1.29, 1.82) is 0 Å². The van der Waals surface area contributed by atoms with Crippen molar-refractivity contribution in [3.8, 4) is 5.75 Å². The van der Waals surface area contributed by atoms with Crippen molar-refractivity contribution in [2.24, 2.45) is 0 Å². The molecule has 0 radical (unpaired) electrons. The minimum atomic E-state index is -3.15. The normalized spacial score (nSPS) is 18.2. The third-order valence-corrected chi connectivity index (χ3v) is 6.21. The Morgan fingerprint density at radius 2 is 2.14 bits per heavy atom. The van der Waals surface area contributed by atoms with E-state index in [-0.39, 0.29) is 17.3 Å². The number of hydrogen-bond donors (Lipinski definition) is 1. The molecule has 28 heavy (non-hydrogen) atoms. The monoisotopic (exact) mass is 420 g/mol. The lowest BCUT2D eigenvalue weighted by Crippen LogP contribution is -2.44. The molecule has 1 saturated heterocycles. The molecule has 158 valence electrons. The highest BCUT2D eigenvalue weighted by atomic mass is 32.2. The molecule has 2 rings (SSSR count). The molecule has 1 aromatic rings. The number of aryl methyl sites for hydroxylation is 1. The van der Waals surface area contributed by atoms with Crippen LogP contribution >= 0.6 is 0 Å². The summed E-state index contributed by atoms with van der Waals surface area (Å²) in [4.78, 5) is 14.3. The summed E-state index contributed by atoms with van der Waals surface area (Å²) in [5.41, 5.74) is 1.05. The maximum absolute atomic E-state index is 12.8. The van der Waals surface area contributed by atoms with E-state index in [1.165, 1.54) is 11.0 Å². The Balaban J connectivity index is 2.10. The van der Waals surface area contributed by atoms with Gasteiger partial charge in [-0.15, -0.1) is 0 Å². The fourth-order valence-electron chi connectivity index (χ4n) is 3.03. The number of alkyl halides is 2. The van der Waals surface area contributed by atoms with Crippen LogP contribution in [0, 0.1) is 6.92 Å². The molecular weight excluding hydrogens is 394 g/mol. The first kappa shape index (κ1) is 22.4. The molecule has 0 aromatic heterocycles. The van der Waals surface area contributed by atoms with Crippen LogP contribution in [0.15, 0.2) is 18.2 Å².